The molecule has 3 amide bonds. The first-order valence-electron chi connectivity index (χ1n) is 15.1. The minimum Gasteiger partial charge on any atom is -0.444 e. The summed E-state index contributed by atoms with van der Waals surface area (Å²) in [7, 11) is 0. The van der Waals surface area contributed by atoms with Crippen LogP contribution in [0.15, 0.2) is 60.7 Å². The van der Waals surface area contributed by atoms with Crippen LogP contribution in [0.5, 0.6) is 0 Å². The largest absolute Gasteiger partial charge is 0.444 e. The Kier molecular flexibility index (Phi) is 12.8. The van der Waals surface area contributed by atoms with E-state index in [2.05, 4.69) is 58.9 Å². The average Bonchev–Trinajstić information content (AvgIpc) is 2.95. The number of unbranched alkanes of at least 4 members (excludes halogenated alkanes) is 5. The second-order valence-electron chi connectivity index (χ2n) is 11.8. The fourth-order valence-electron chi connectivity index (χ4n) is 5.20. The number of rotatable bonds is 13. The zero-order chi connectivity index (χ0) is 28.8. The van der Waals surface area contributed by atoms with Crippen molar-refractivity contribution in [2.24, 2.45) is 0 Å². The van der Waals surface area contributed by atoms with Gasteiger partial charge in [-0.25, -0.2) is 9.59 Å². The molecule has 7 heteroatoms. The van der Waals surface area contributed by atoms with Gasteiger partial charge in [0, 0.05) is 45.2 Å². The van der Waals surface area contributed by atoms with Crippen LogP contribution < -0.4 is 10.6 Å². The van der Waals surface area contributed by atoms with Crippen LogP contribution in [-0.4, -0.2) is 66.8 Å². The lowest BCUT2D eigenvalue weighted by atomic mass is 9.86. The Morgan fingerprint density at radius 1 is 0.825 bits per heavy atom. The van der Waals surface area contributed by atoms with E-state index in [9.17, 15) is 9.59 Å². The monoisotopic (exact) mass is 550 g/mol. The summed E-state index contributed by atoms with van der Waals surface area (Å²) in [6, 6.07) is 20.4. The maximum Gasteiger partial charge on any atom is 0.410 e. The van der Waals surface area contributed by atoms with Crippen molar-refractivity contribution >= 4 is 12.1 Å². The number of nitrogens with zero attached hydrogens (tertiary/aromatic N) is 2. The van der Waals surface area contributed by atoms with Gasteiger partial charge in [0.15, 0.2) is 0 Å². The second kappa shape index (κ2) is 16.3. The Balaban J connectivity index is 1.68. The van der Waals surface area contributed by atoms with Gasteiger partial charge in [-0.2, -0.15) is 0 Å². The van der Waals surface area contributed by atoms with E-state index in [0.29, 0.717) is 19.6 Å². The van der Waals surface area contributed by atoms with E-state index >= 15 is 0 Å². The van der Waals surface area contributed by atoms with Gasteiger partial charge in [-0.05, 0) is 38.3 Å². The van der Waals surface area contributed by atoms with Gasteiger partial charge in [-0.3, -0.25) is 4.90 Å². The summed E-state index contributed by atoms with van der Waals surface area (Å²) < 4.78 is 5.58. The Morgan fingerprint density at radius 3 is 2.00 bits per heavy atom. The van der Waals surface area contributed by atoms with Crippen LogP contribution >= 0.6 is 0 Å². The molecule has 0 spiro atoms. The molecule has 2 atom stereocenters. The predicted octanol–water partition coefficient (Wildman–Crippen LogP) is 6.72. The SMILES string of the molecule is CCCCCCCCNC(=O)N[C@@H](c1ccccc1)[C@H](CN1CCN(C(=O)OC(C)(C)C)CC1)c1ccccc1. The van der Waals surface area contributed by atoms with Crippen LogP contribution in [0.3, 0.4) is 0 Å². The highest BCUT2D eigenvalue weighted by atomic mass is 16.6. The molecule has 0 bridgehead atoms. The minimum atomic E-state index is -0.503. The Hall–Kier alpha value is -3.06. The molecule has 220 valence electrons. The minimum absolute atomic E-state index is 0.0384. The summed E-state index contributed by atoms with van der Waals surface area (Å²) >= 11 is 0. The van der Waals surface area contributed by atoms with Gasteiger partial charge in [-0.15, -0.1) is 0 Å². The molecule has 3 rings (SSSR count). The van der Waals surface area contributed by atoms with Crippen LogP contribution in [0, 0.1) is 0 Å². The van der Waals surface area contributed by atoms with Gasteiger partial charge in [0.05, 0.1) is 6.04 Å². The third kappa shape index (κ3) is 10.8. The van der Waals surface area contributed by atoms with Gasteiger partial charge >= 0.3 is 12.1 Å². The number of hydrogen-bond acceptors (Lipinski definition) is 4. The first-order chi connectivity index (χ1) is 19.3. The molecule has 1 saturated heterocycles. The van der Waals surface area contributed by atoms with Crippen LogP contribution in [0.25, 0.3) is 0 Å². The Bertz CT molecular complexity index is 1000. The van der Waals surface area contributed by atoms with Crippen molar-refractivity contribution in [2.45, 2.75) is 83.8 Å². The molecule has 1 fully saturated rings. The highest BCUT2D eigenvalue weighted by Gasteiger charge is 2.31. The van der Waals surface area contributed by atoms with Crippen molar-refractivity contribution in [3.63, 3.8) is 0 Å². The lowest BCUT2D eigenvalue weighted by Gasteiger charge is -2.39. The zero-order valence-electron chi connectivity index (χ0n) is 25.0. The fourth-order valence-corrected chi connectivity index (χ4v) is 5.20. The molecule has 7 nitrogen and oxygen atoms in total. The maximum atomic E-state index is 13.1. The number of carbonyl (C=O) groups is 2. The van der Waals surface area contributed by atoms with Gasteiger partial charge in [0.25, 0.3) is 0 Å². The van der Waals surface area contributed by atoms with Gasteiger partial charge in [0.1, 0.15) is 5.60 Å². The summed E-state index contributed by atoms with van der Waals surface area (Å²) in [6.45, 7) is 12.1. The summed E-state index contributed by atoms with van der Waals surface area (Å²) in [5.74, 6) is 0.0384. The normalized spacial score (nSPS) is 15.8. The lowest BCUT2D eigenvalue weighted by molar-refractivity contribution is 0.0137. The molecule has 1 aliphatic heterocycles. The summed E-state index contributed by atoms with van der Waals surface area (Å²) in [4.78, 5) is 29.9. The average molecular weight is 551 g/mol. The highest BCUT2D eigenvalue weighted by Crippen LogP contribution is 2.32. The van der Waals surface area contributed by atoms with Gasteiger partial charge in [0.2, 0.25) is 0 Å². The van der Waals surface area contributed by atoms with E-state index in [1.165, 1.54) is 31.2 Å². The quantitative estimate of drug-likeness (QED) is 0.271. The molecule has 0 unspecified atom stereocenters. The molecule has 40 heavy (non-hydrogen) atoms. The Labute approximate surface area is 241 Å². The molecule has 0 saturated carbocycles. The fraction of sp³-hybridized carbons (Fsp3) is 0.576. The molecule has 2 aromatic rings. The van der Waals surface area contributed by atoms with Crippen molar-refractivity contribution < 1.29 is 14.3 Å². The van der Waals surface area contributed by atoms with E-state index in [-0.39, 0.29) is 24.1 Å². The third-order valence-electron chi connectivity index (χ3n) is 7.37. The summed E-state index contributed by atoms with van der Waals surface area (Å²) in [6.07, 6.45) is 6.90. The Morgan fingerprint density at radius 2 is 1.40 bits per heavy atom. The molecular weight excluding hydrogens is 500 g/mol. The van der Waals surface area contributed by atoms with Crippen LogP contribution in [-0.2, 0) is 4.74 Å². The summed E-state index contributed by atoms with van der Waals surface area (Å²) in [5.41, 5.74) is 1.76. The number of benzene rings is 2. The zero-order valence-corrected chi connectivity index (χ0v) is 25.0. The lowest BCUT2D eigenvalue weighted by Crippen LogP contribution is -2.51. The molecule has 0 aromatic heterocycles. The van der Waals surface area contributed by atoms with Crippen molar-refractivity contribution in [3.8, 4) is 0 Å². The van der Waals surface area contributed by atoms with E-state index in [1.807, 2.05) is 45.0 Å². The first-order valence-corrected chi connectivity index (χ1v) is 15.1. The molecule has 1 heterocycles. The molecule has 0 aliphatic carbocycles. The number of amides is 3. The number of hydrogen-bond donors (Lipinski definition) is 2. The van der Waals surface area contributed by atoms with Crippen LogP contribution in [0.2, 0.25) is 0 Å². The standard InChI is InChI=1S/C33H50N4O3/c1-5-6-7-8-9-16-21-34-31(38)35-30(28-19-14-11-15-20-28)29(27-17-12-10-13-18-27)26-36-22-24-37(25-23-36)32(39)40-33(2,3)4/h10-15,17-20,29-30H,5-9,16,21-26H2,1-4H3,(H2,34,35,38)/t29-,30+/m1/s1. The number of urea groups is 1. The van der Waals surface area contributed by atoms with E-state index < -0.39 is 5.60 Å². The van der Waals surface area contributed by atoms with Crippen LogP contribution in [0.4, 0.5) is 9.59 Å². The van der Waals surface area contributed by atoms with Crippen molar-refractivity contribution in [1.29, 1.82) is 0 Å². The number of ether oxygens (including phenoxy) is 1. The van der Waals surface area contributed by atoms with Crippen LogP contribution in [0.1, 0.15) is 89.3 Å². The highest BCUT2D eigenvalue weighted by molar-refractivity contribution is 5.74. The molecule has 0 radical (unpaired) electrons. The number of carbonyl (C=O) groups excluding carboxylic acids is 2. The van der Waals surface area contributed by atoms with Crippen molar-refractivity contribution in [3.05, 3.63) is 71.8 Å². The van der Waals surface area contributed by atoms with E-state index in [1.54, 1.807) is 4.90 Å². The molecular formula is C33H50N4O3. The third-order valence-corrected chi connectivity index (χ3v) is 7.37. The number of nitrogens with one attached hydrogen (secondary N) is 2. The first kappa shape index (κ1) is 31.5. The molecule has 1 aliphatic rings. The van der Waals surface area contributed by atoms with Crippen molar-refractivity contribution in [1.82, 2.24) is 20.4 Å². The van der Waals surface area contributed by atoms with Crippen molar-refractivity contribution in [2.75, 3.05) is 39.3 Å². The summed E-state index contributed by atoms with van der Waals surface area (Å²) in [5, 5.41) is 6.42. The van der Waals surface area contributed by atoms with Gasteiger partial charge in [-0.1, -0.05) is 99.7 Å². The number of piperazine rings is 1. The maximum absolute atomic E-state index is 13.1. The van der Waals surface area contributed by atoms with E-state index in [0.717, 1.165) is 38.0 Å². The second-order valence-corrected chi connectivity index (χ2v) is 11.8. The topological polar surface area (TPSA) is 73.9 Å². The van der Waals surface area contributed by atoms with Gasteiger partial charge < -0.3 is 20.3 Å². The smallest absolute Gasteiger partial charge is 0.410 e. The molecule has 2 N–H and O–H groups in total. The van der Waals surface area contributed by atoms with E-state index in [4.69, 9.17) is 4.74 Å². The predicted molar refractivity (Wildman–Crippen MR) is 163 cm³/mol. The molecule has 2 aromatic carbocycles.